The fourth-order valence-corrected chi connectivity index (χ4v) is 1.58. The molecule has 0 heterocycles. The maximum absolute atomic E-state index is 10.7. The summed E-state index contributed by atoms with van der Waals surface area (Å²) in [5, 5.41) is 10.9. The van der Waals surface area contributed by atoms with E-state index in [0.717, 1.165) is 5.69 Å². The Labute approximate surface area is 129 Å². The summed E-state index contributed by atoms with van der Waals surface area (Å²) in [4.78, 5) is 10.0. The zero-order valence-corrected chi connectivity index (χ0v) is 13.2. The first-order valence-corrected chi connectivity index (χ1v) is 7.14. The number of alkyl halides is 3. The Balaban J connectivity index is 0.000000472. The molecule has 0 aliphatic heterocycles. The third kappa shape index (κ3) is 6.13. The summed E-state index contributed by atoms with van der Waals surface area (Å²) < 4.78 is 59.4. The summed E-state index contributed by atoms with van der Waals surface area (Å²) in [7, 11) is -0.236. The largest absolute Gasteiger partial charge is 0.741 e. The van der Waals surface area contributed by atoms with Gasteiger partial charge in [-0.3, -0.25) is 14.6 Å². The molecule has 0 spiro atoms. The molecule has 0 bridgehead atoms. The minimum Gasteiger partial charge on any atom is -0.741 e. The van der Waals surface area contributed by atoms with Gasteiger partial charge in [-0.15, -0.1) is 0 Å². The number of quaternary nitrogens is 1. The van der Waals surface area contributed by atoms with E-state index in [9.17, 15) is 23.3 Å². The molecule has 7 nitrogen and oxygen atoms in total. The lowest BCUT2D eigenvalue weighted by molar-refractivity contribution is -0.384. The van der Waals surface area contributed by atoms with E-state index in [1.807, 2.05) is 21.1 Å². The van der Waals surface area contributed by atoms with Crippen molar-refractivity contribution in [3.63, 3.8) is 0 Å². The third-order valence-electron chi connectivity index (χ3n) is 2.15. The van der Waals surface area contributed by atoms with Crippen molar-refractivity contribution in [3.8, 4) is 0 Å². The first-order chi connectivity index (χ1) is 9.57. The molecule has 0 aliphatic rings. The normalized spacial score (nSPS) is 12.4. The molecule has 0 N–H and O–H groups in total. The van der Waals surface area contributed by atoms with E-state index in [2.05, 4.69) is 0 Å². The Morgan fingerprint density at radius 3 is 1.86 bits per heavy atom. The maximum Gasteiger partial charge on any atom is 0.485 e. The number of rotatable bonds is 2. The van der Waals surface area contributed by atoms with Crippen molar-refractivity contribution in [1.29, 1.82) is 0 Å². The molecule has 126 valence electrons. The lowest BCUT2D eigenvalue weighted by Gasteiger charge is -2.24. The van der Waals surface area contributed by atoms with Crippen LogP contribution in [0.2, 0.25) is 5.02 Å². The van der Waals surface area contributed by atoms with Gasteiger partial charge in [-0.05, 0) is 0 Å². The first-order valence-electron chi connectivity index (χ1n) is 5.35. The molecule has 0 radical (unpaired) electrons. The molecular weight excluding hydrogens is 353 g/mol. The predicted molar refractivity (Wildman–Crippen MR) is 73.4 cm³/mol. The Morgan fingerprint density at radius 2 is 1.64 bits per heavy atom. The van der Waals surface area contributed by atoms with Crippen LogP contribution in [0.25, 0.3) is 0 Å². The molecule has 0 aromatic heterocycles. The molecule has 22 heavy (non-hydrogen) atoms. The quantitative estimate of drug-likeness (QED) is 0.264. The van der Waals surface area contributed by atoms with Crippen LogP contribution in [0.1, 0.15) is 0 Å². The van der Waals surface area contributed by atoms with E-state index >= 15 is 0 Å². The SMILES string of the molecule is C[N+](C)(C)c1ccc([N+](=O)[O-])cc1Cl.O=S(=O)([O-])C(F)(F)F. The van der Waals surface area contributed by atoms with Gasteiger partial charge in [0.2, 0.25) is 0 Å². The smallest absolute Gasteiger partial charge is 0.485 e. The van der Waals surface area contributed by atoms with Gasteiger partial charge < -0.3 is 4.55 Å². The molecule has 0 saturated heterocycles. The molecule has 1 aromatic carbocycles. The van der Waals surface area contributed by atoms with Gasteiger partial charge in [-0.25, -0.2) is 8.42 Å². The van der Waals surface area contributed by atoms with Gasteiger partial charge in [0, 0.05) is 18.2 Å². The van der Waals surface area contributed by atoms with Crippen LogP contribution < -0.4 is 4.48 Å². The van der Waals surface area contributed by atoms with E-state index in [1.165, 1.54) is 12.1 Å². The number of nitro benzene ring substituents is 1. The summed E-state index contributed by atoms with van der Waals surface area (Å²) in [6, 6.07) is 4.52. The Bertz CT molecular complexity index is 656. The van der Waals surface area contributed by atoms with Gasteiger partial charge in [0.25, 0.3) is 5.69 Å². The number of hydrogen-bond donors (Lipinski definition) is 0. The second-order valence-corrected chi connectivity index (χ2v) is 6.58. The van der Waals surface area contributed by atoms with Gasteiger partial charge in [0.05, 0.1) is 26.1 Å². The molecule has 0 amide bonds. The van der Waals surface area contributed by atoms with Gasteiger partial charge in [-0.1, -0.05) is 11.6 Å². The van der Waals surface area contributed by atoms with Gasteiger partial charge in [0.1, 0.15) is 5.02 Å². The highest BCUT2D eigenvalue weighted by Crippen LogP contribution is 2.30. The Kier molecular flexibility index (Phi) is 6.33. The van der Waals surface area contributed by atoms with Gasteiger partial charge >= 0.3 is 5.51 Å². The topological polar surface area (TPSA) is 100 Å². The standard InChI is InChI=1S/C9H12ClN2O2.CHF3O3S/c1-12(2,3)9-5-4-7(11(13)14)6-8(9)10;2-1(3,4)8(5,6)7/h4-6H,1-3H3;(H,5,6,7)/q+1;/p-1. The fraction of sp³-hybridized carbons (Fsp3) is 0.400. The van der Waals surface area contributed by atoms with Crippen LogP contribution in [-0.2, 0) is 10.1 Å². The third-order valence-corrected chi connectivity index (χ3v) is 3.02. The zero-order valence-electron chi connectivity index (χ0n) is 11.6. The van der Waals surface area contributed by atoms with Crippen LogP contribution in [0.4, 0.5) is 24.5 Å². The molecule has 12 heteroatoms. The number of benzene rings is 1. The lowest BCUT2D eigenvalue weighted by Crippen LogP contribution is -2.34. The van der Waals surface area contributed by atoms with E-state index in [4.69, 9.17) is 24.6 Å². The zero-order chi connectivity index (χ0) is 17.9. The van der Waals surface area contributed by atoms with Crippen molar-refractivity contribution in [2.45, 2.75) is 5.51 Å². The van der Waals surface area contributed by atoms with Crippen molar-refractivity contribution < 1.29 is 31.1 Å². The highest BCUT2D eigenvalue weighted by Gasteiger charge is 2.36. The number of hydrogen-bond acceptors (Lipinski definition) is 5. The van der Waals surface area contributed by atoms with E-state index in [0.29, 0.717) is 9.51 Å². The van der Waals surface area contributed by atoms with E-state index in [-0.39, 0.29) is 5.69 Å². The van der Waals surface area contributed by atoms with Crippen LogP contribution in [0.3, 0.4) is 0 Å². The van der Waals surface area contributed by atoms with E-state index in [1.54, 1.807) is 6.07 Å². The average molecular weight is 365 g/mol. The highest BCUT2D eigenvalue weighted by atomic mass is 35.5. The summed E-state index contributed by atoms with van der Waals surface area (Å²) in [5.74, 6) is 0. The van der Waals surface area contributed by atoms with Crippen molar-refractivity contribution in [2.75, 3.05) is 21.1 Å². The second kappa shape index (κ2) is 6.77. The molecule has 0 aliphatic carbocycles. The van der Waals surface area contributed by atoms with Crippen LogP contribution in [-0.4, -0.2) is 44.5 Å². The minimum absolute atomic E-state index is 0.0206. The molecule has 0 unspecified atom stereocenters. The van der Waals surface area contributed by atoms with Gasteiger partial charge in [0.15, 0.2) is 15.8 Å². The Hall–Kier alpha value is -1.43. The van der Waals surface area contributed by atoms with E-state index < -0.39 is 20.5 Å². The van der Waals surface area contributed by atoms with Crippen molar-refractivity contribution >= 4 is 33.1 Å². The number of non-ortho nitro benzene ring substituents is 1. The predicted octanol–water partition coefficient (Wildman–Crippen LogP) is 2.50. The number of halogens is 4. The summed E-state index contributed by atoms with van der Waals surface area (Å²) in [5.41, 5.74) is -4.77. The summed E-state index contributed by atoms with van der Waals surface area (Å²) in [6.45, 7) is 0. The monoisotopic (exact) mass is 364 g/mol. The minimum atomic E-state index is -6.09. The van der Waals surface area contributed by atoms with Crippen LogP contribution in [0, 0.1) is 10.1 Å². The van der Waals surface area contributed by atoms with Crippen molar-refractivity contribution in [2.24, 2.45) is 0 Å². The van der Waals surface area contributed by atoms with Crippen LogP contribution in [0.5, 0.6) is 0 Å². The summed E-state index contributed by atoms with van der Waals surface area (Å²) in [6.07, 6.45) is 0. The molecular formula is C10H12ClF3N2O5S. The fourth-order valence-electron chi connectivity index (χ4n) is 1.15. The highest BCUT2D eigenvalue weighted by molar-refractivity contribution is 7.86. The van der Waals surface area contributed by atoms with Gasteiger partial charge in [-0.2, -0.15) is 13.2 Å². The molecule has 1 aromatic rings. The van der Waals surface area contributed by atoms with Crippen molar-refractivity contribution in [3.05, 3.63) is 33.3 Å². The van der Waals surface area contributed by atoms with Crippen LogP contribution in [0.15, 0.2) is 18.2 Å². The first kappa shape index (κ1) is 20.6. The molecule has 0 saturated carbocycles. The number of nitro groups is 1. The van der Waals surface area contributed by atoms with Crippen LogP contribution >= 0.6 is 11.6 Å². The number of nitrogens with zero attached hydrogens (tertiary/aromatic N) is 2. The molecule has 1 rings (SSSR count). The van der Waals surface area contributed by atoms with Crippen molar-refractivity contribution in [1.82, 2.24) is 4.48 Å². The summed E-state index contributed by atoms with van der Waals surface area (Å²) >= 11 is 5.94. The molecule has 0 atom stereocenters. The maximum atomic E-state index is 10.7. The average Bonchev–Trinajstić information content (AvgIpc) is 2.24. The Morgan fingerprint density at radius 1 is 1.23 bits per heavy atom. The second-order valence-electron chi connectivity index (χ2n) is 4.81. The lowest BCUT2D eigenvalue weighted by atomic mass is 10.2. The molecule has 0 fully saturated rings.